The fourth-order valence-electron chi connectivity index (χ4n) is 9.28. The second-order valence-electron chi connectivity index (χ2n) is 16.8. The highest BCUT2D eigenvalue weighted by Gasteiger charge is 2.13. The molecule has 0 N–H and O–H groups in total. The largest absolute Gasteiger partial charge is 0.254 e. The summed E-state index contributed by atoms with van der Waals surface area (Å²) in [5.74, 6) is 0. The minimum absolute atomic E-state index is 0.910. The number of fused-ring (bicyclic) bond motifs is 9. The number of hydrogen-bond donors (Lipinski definition) is 0. The molecule has 0 aliphatic heterocycles. The molecule has 0 saturated carbocycles. The first kappa shape index (κ1) is 37.5. The lowest BCUT2D eigenvalue weighted by molar-refractivity contribution is 1.37. The third kappa shape index (κ3) is 6.59. The molecule has 306 valence electrons. The van der Waals surface area contributed by atoms with Crippen molar-refractivity contribution < 1.29 is 0 Å². The van der Waals surface area contributed by atoms with Gasteiger partial charge in [-0.15, -0.1) is 0 Å². The molecule has 0 unspecified atom stereocenters. The van der Waals surface area contributed by atoms with Crippen molar-refractivity contribution >= 4 is 65.4 Å². The summed E-state index contributed by atoms with van der Waals surface area (Å²) >= 11 is 0. The van der Waals surface area contributed by atoms with Gasteiger partial charge in [-0.1, -0.05) is 146 Å². The van der Waals surface area contributed by atoms with Gasteiger partial charge >= 0.3 is 0 Å². The monoisotopic (exact) mass is 840 g/mol. The van der Waals surface area contributed by atoms with E-state index < -0.39 is 0 Å². The molecule has 0 radical (unpaired) electrons. The van der Waals surface area contributed by atoms with Gasteiger partial charge in [0.15, 0.2) is 0 Å². The highest BCUT2D eigenvalue weighted by atomic mass is 14.8. The molecule has 0 bridgehead atoms. The quantitative estimate of drug-likeness (QED) is 0.155. The van der Waals surface area contributed by atoms with E-state index in [0.29, 0.717) is 0 Å². The predicted octanol–water partition coefficient (Wildman–Crippen LogP) is 15.0. The van der Waals surface area contributed by atoms with Crippen LogP contribution in [0.15, 0.2) is 219 Å². The van der Waals surface area contributed by atoms with Gasteiger partial charge in [-0.05, 0) is 88.0 Å². The van der Waals surface area contributed by atoms with Gasteiger partial charge in [-0.3, -0.25) is 15.0 Å². The van der Waals surface area contributed by atoms with E-state index in [0.717, 1.165) is 133 Å². The lowest BCUT2D eigenvalue weighted by atomic mass is 9.92. The Morgan fingerprint density at radius 2 is 0.439 bits per heavy atom. The molecular weight excluding hydrogens is 805 g/mol. The summed E-state index contributed by atoms with van der Waals surface area (Å²) in [6, 6.07) is 70.6. The average molecular weight is 841 g/mol. The Balaban J connectivity index is 0.879. The third-order valence-corrected chi connectivity index (χ3v) is 12.8. The number of aromatic nitrogens is 6. The molecule has 0 atom stereocenters. The molecule has 0 aliphatic rings. The summed E-state index contributed by atoms with van der Waals surface area (Å²) in [5.41, 5.74) is 18.1. The highest BCUT2D eigenvalue weighted by molar-refractivity contribution is 6.05. The summed E-state index contributed by atoms with van der Waals surface area (Å²) in [6.07, 6.45) is 5.50. The summed E-state index contributed by atoms with van der Waals surface area (Å²) < 4.78 is 0. The standard InChI is InChI=1S/C60H36N6/c1-4-43-19-22-46-25-28-52(64-58(46)55(43)61-31-1)40-13-7-37(8-14-40)49-34-50(38-9-15-41(16-10-38)53-29-26-47-23-20-44-5-2-32-62-56(44)59(47)65-53)36-51(35-49)39-11-17-42(18-12-39)54-30-27-48-24-21-45-6-3-33-63-57(45)60(48)66-54/h1-36H. The number of pyridine rings is 6. The predicted molar refractivity (Wildman–Crippen MR) is 271 cm³/mol. The topological polar surface area (TPSA) is 77.3 Å². The van der Waals surface area contributed by atoms with E-state index in [1.165, 1.54) is 0 Å². The minimum atomic E-state index is 0.910. The van der Waals surface area contributed by atoms with E-state index in [-0.39, 0.29) is 0 Å². The number of nitrogens with zero attached hydrogens (tertiary/aromatic N) is 6. The zero-order valence-electron chi connectivity index (χ0n) is 35.5. The fraction of sp³-hybridized carbons (Fsp3) is 0. The number of hydrogen-bond acceptors (Lipinski definition) is 6. The van der Waals surface area contributed by atoms with Gasteiger partial charge in [0.25, 0.3) is 0 Å². The van der Waals surface area contributed by atoms with Gasteiger partial charge in [-0.2, -0.15) is 0 Å². The first-order valence-electron chi connectivity index (χ1n) is 22.1. The summed E-state index contributed by atoms with van der Waals surface area (Å²) in [7, 11) is 0. The Kier molecular flexibility index (Phi) is 8.74. The summed E-state index contributed by atoms with van der Waals surface area (Å²) in [4.78, 5) is 29.4. The van der Waals surface area contributed by atoms with Crippen LogP contribution in [0, 0.1) is 0 Å². The molecule has 13 aromatic rings. The Labute approximate surface area is 379 Å². The van der Waals surface area contributed by atoms with Crippen LogP contribution in [0.5, 0.6) is 0 Å². The Morgan fingerprint density at radius 3 is 0.727 bits per heavy atom. The van der Waals surface area contributed by atoms with E-state index in [1.807, 2.05) is 36.8 Å². The van der Waals surface area contributed by atoms with Crippen LogP contribution in [0.1, 0.15) is 0 Å². The smallest absolute Gasteiger partial charge is 0.0972 e. The van der Waals surface area contributed by atoms with Crippen LogP contribution in [-0.2, 0) is 0 Å². The van der Waals surface area contributed by atoms with E-state index in [1.54, 1.807) is 0 Å². The molecule has 6 heteroatoms. The normalized spacial score (nSPS) is 11.6. The number of rotatable bonds is 6. The van der Waals surface area contributed by atoms with Crippen molar-refractivity contribution in [2.24, 2.45) is 0 Å². The third-order valence-electron chi connectivity index (χ3n) is 12.8. The second-order valence-corrected chi connectivity index (χ2v) is 16.8. The highest BCUT2D eigenvalue weighted by Crippen LogP contribution is 2.37. The molecule has 6 nitrogen and oxygen atoms in total. The van der Waals surface area contributed by atoms with Crippen LogP contribution in [0.25, 0.3) is 133 Å². The molecule has 6 aromatic heterocycles. The molecule has 7 aromatic carbocycles. The van der Waals surface area contributed by atoms with Crippen LogP contribution >= 0.6 is 0 Å². The molecular formula is C60H36N6. The van der Waals surface area contributed by atoms with Gasteiger partial charge in [0.05, 0.1) is 50.2 Å². The molecule has 6 heterocycles. The first-order chi connectivity index (χ1) is 32.6. The first-order valence-corrected chi connectivity index (χ1v) is 22.1. The van der Waals surface area contributed by atoms with Crippen molar-refractivity contribution in [3.8, 4) is 67.2 Å². The van der Waals surface area contributed by atoms with Crippen molar-refractivity contribution in [1.29, 1.82) is 0 Å². The summed E-state index contributed by atoms with van der Waals surface area (Å²) in [6.45, 7) is 0. The second kappa shape index (κ2) is 15.4. The van der Waals surface area contributed by atoms with Gasteiger partial charge < -0.3 is 0 Å². The molecule has 13 rings (SSSR count). The number of benzene rings is 7. The summed E-state index contributed by atoms with van der Waals surface area (Å²) in [5, 5.41) is 6.47. The molecule has 0 amide bonds. The van der Waals surface area contributed by atoms with Crippen LogP contribution in [0.4, 0.5) is 0 Å². The Morgan fingerprint density at radius 1 is 0.197 bits per heavy atom. The van der Waals surface area contributed by atoms with Crippen molar-refractivity contribution in [3.05, 3.63) is 219 Å². The van der Waals surface area contributed by atoms with Crippen molar-refractivity contribution in [2.75, 3.05) is 0 Å². The van der Waals surface area contributed by atoms with Crippen LogP contribution in [-0.4, -0.2) is 29.9 Å². The SMILES string of the molecule is c1cnc2c(c1)ccc1ccc(-c3ccc(-c4cc(-c5ccc(-c6ccc7ccc8cccnc8c7n6)cc5)cc(-c5ccc(-c6ccc7ccc8cccnc8c7n6)cc5)c4)cc3)nc12. The molecule has 66 heavy (non-hydrogen) atoms. The minimum Gasteiger partial charge on any atom is -0.254 e. The van der Waals surface area contributed by atoms with E-state index >= 15 is 0 Å². The van der Waals surface area contributed by atoms with E-state index in [2.05, 4.69) is 197 Å². The maximum absolute atomic E-state index is 5.12. The molecule has 0 aliphatic carbocycles. The lowest BCUT2D eigenvalue weighted by Crippen LogP contribution is -1.90. The van der Waals surface area contributed by atoms with Crippen LogP contribution in [0.3, 0.4) is 0 Å². The van der Waals surface area contributed by atoms with E-state index in [4.69, 9.17) is 15.0 Å². The van der Waals surface area contributed by atoms with Gasteiger partial charge in [-0.25, -0.2) is 15.0 Å². The molecule has 0 fully saturated rings. The van der Waals surface area contributed by atoms with Crippen molar-refractivity contribution in [1.82, 2.24) is 29.9 Å². The van der Waals surface area contributed by atoms with Crippen molar-refractivity contribution in [3.63, 3.8) is 0 Å². The van der Waals surface area contributed by atoms with E-state index in [9.17, 15) is 0 Å². The maximum Gasteiger partial charge on any atom is 0.0972 e. The molecule has 0 saturated heterocycles. The van der Waals surface area contributed by atoms with Crippen LogP contribution in [0.2, 0.25) is 0 Å². The Bertz CT molecular complexity index is 3600. The lowest BCUT2D eigenvalue weighted by Gasteiger charge is -2.13. The van der Waals surface area contributed by atoms with Crippen LogP contribution < -0.4 is 0 Å². The van der Waals surface area contributed by atoms with Gasteiger partial charge in [0.2, 0.25) is 0 Å². The maximum atomic E-state index is 5.12. The zero-order chi connectivity index (χ0) is 43.6. The zero-order valence-corrected chi connectivity index (χ0v) is 35.5. The van der Waals surface area contributed by atoms with Crippen molar-refractivity contribution in [2.45, 2.75) is 0 Å². The average Bonchev–Trinajstić information content (AvgIpc) is 3.40. The molecule has 0 spiro atoms. The van der Waals surface area contributed by atoms with Gasteiger partial charge in [0, 0.05) is 67.6 Å². The Hall–Kier alpha value is -9.00. The fourth-order valence-corrected chi connectivity index (χ4v) is 9.28. The van der Waals surface area contributed by atoms with Gasteiger partial charge in [0.1, 0.15) is 0 Å².